The molecule has 0 aliphatic heterocycles. The fourth-order valence-electron chi connectivity index (χ4n) is 9.49. The minimum Gasteiger partial charge on any atom is -0.446 e. The maximum Gasteiger partial charge on any atom is 0.407 e. The Balaban J connectivity index is 1.40. The van der Waals surface area contributed by atoms with Crippen molar-refractivity contribution >= 4 is 6.09 Å². The Labute approximate surface area is 234 Å². The van der Waals surface area contributed by atoms with Crippen molar-refractivity contribution in [3.63, 3.8) is 0 Å². The molecule has 0 aromatic rings. The molecule has 0 radical (unpaired) electrons. The first-order valence-corrected chi connectivity index (χ1v) is 16.0. The van der Waals surface area contributed by atoms with Gasteiger partial charge >= 0.3 is 6.09 Å². The molecule has 216 valence electrons. The lowest BCUT2D eigenvalue weighted by Crippen LogP contribution is -2.51. The summed E-state index contributed by atoms with van der Waals surface area (Å²) in [6.07, 6.45) is 18.7. The Hall–Kier alpha value is -1.29. The van der Waals surface area contributed by atoms with E-state index in [1.54, 1.807) is 5.57 Å². The molecule has 9 atom stereocenters. The van der Waals surface area contributed by atoms with Gasteiger partial charge in [0.1, 0.15) is 6.10 Å². The van der Waals surface area contributed by atoms with Gasteiger partial charge in [-0.1, -0.05) is 65.3 Å². The number of hydrogen-bond donors (Lipinski definition) is 1. The van der Waals surface area contributed by atoms with Crippen LogP contribution in [0.25, 0.3) is 0 Å². The van der Waals surface area contributed by atoms with Gasteiger partial charge in [-0.05, 0) is 118 Å². The molecule has 4 heteroatoms. The summed E-state index contributed by atoms with van der Waals surface area (Å²) >= 11 is 0. The zero-order chi connectivity index (χ0) is 27.7. The Bertz CT molecular complexity index is 878. The molecular weight excluding hydrogens is 468 g/mol. The minimum atomic E-state index is -0.248. The highest BCUT2D eigenvalue weighted by atomic mass is 16.6. The number of carbonyl (C=O) groups excluding carboxylic acids is 1. The summed E-state index contributed by atoms with van der Waals surface area (Å²) in [5, 5.41) is 2.93. The van der Waals surface area contributed by atoms with Crippen molar-refractivity contribution in [3.05, 3.63) is 23.8 Å². The predicted octanol–water partition coefficient (Wildman–Crippen LogP) is 8.10. The molecule has 38 heavy (non-hydrogen) atoms. The number of fused-ring (bicyclic) bond motifs is 5. The summed E-state index contributed by atoms with van der Waals surface area (Å²) in [4.78, 5) is 14.4. The van der Waals surface area contributed by atoms with Crippen LogP contribution in [0.4, 0.5) is 4.79 Å². The van der Waals surface area contributed by atoms with Crippen LogP contribution < -0.4 is 5.32 Å². The van der Waals surface area contributed by atoms with Crippen LogP contribution in [0.1, 0.15) is 99.3 Å². The summed E-state index contributed by atoms with van der Waals surface area (Å²) in [7, 11) is 4.04. The van der Waals surface area contributed by atoms with E-state index in [0.29, 0.717) is 29.2 Å². The molecule has 0 heterocycles. The third-order valence-corrected chi connectivity index (χ3v) is 11.9. The van der Waals surface area contributed by atoms with E-state index in [0.717, 1.165) is 55.4 Å². The maximum atomic E-state index is 12.4. The Kier molecular flexibility index (Phi) is 9.43. The van der Waals surface area contributed by atoms with E-state index >= 15 is 0 Å². The van der Waals surface area contributed by atoms with Crippen molar-refractivity contribution < 1.29 is 9.53 Å². The topological polar surface area (TPSA) is 41.6 Å². The van der Waals surface area contributed by atoms with Crippen LogP contribution in [0.3, 0.4) is 0 Å². The maximum absolute atomic E-state index is 12.4. The average molecular weight is 527 g/mol. The number of carbonyl (C=O) groups is 1. The Morgan fingerprint density at radius 2 is 1.87 bits per heavy atom. The lowest BCUT2D eigenvalue weighted by Gasteiger charge is -2.58. The Morgan fingerprint density at radius 1 is 1.11 bits per heavy atom. The minimum absolute atomic E-state index is 0.0281. The number of amides is 1. The summed E-state index contributed by atoms with van der Waals surface area (Å²) in [6.45, 7) is 16.3. The highest BCUT2D eigenvalue weighted by Gasteiger charge is 2.59. The van der Waals surface area contributed by atoms with E-state index in [-0.39, 0.29) is 12.2 Å². The normalized spacial score (nSPS) is 38.4. The standard InChI is InChI=1S/C34H58N2O2/c1-9-25(23(2)3)11-10-24(4)29-14-15-30-28-13-12-26-22-27(38-32(37)35-20-21-36(7)8)16-18-33(26,5)31(28)17-19-34(29,30)6/h10-12,23-25,27-31H,9,13-22H2,1-8H3,(H,35,37)/b11-10+/t24-,25-,27?,28?,29-,30+,31+,33+,34-/m1/s1. The van der Waals surface area contributed by atoms with Gasteiger partial charge in [0, 0.05) is 19.5 Å². The lowest BCUT2D eigenvalue weighted by molar-refractivity contribution is -0.0550. The molecule has 2 unspecified atom stereocenters. The van der Waals surface area contributed by atoms with Gasteiger partial charge in [-0.15, -0.1) is 0 Å². The van der Waals surface area contributed by atoms with Crippen LogP contribution in [-0.2, 0) is 4.74 Å². The van der Waals surface area contributed by atoms with Crippen LogP contribution in [0.2, 0.25) is 0 Å². The van der Waals surface area contributed by atoms with E-state index in [9.17, 15) is 4.79 Å². The molecule has 0 bridgehead atoms. The highest BCUT2D eigenvalue weighted by molar-refractivity contribution is 5.67. The average Bonchev–Trinajstić information content (AvgIpc) is 3.21. The lowest BCUT2D eigenvalue weighted by atomic mass is 9.47. The van der Waals surface area contributed by atoms with E-state index in [1.165, 1.54) is 38.5 Å². The molecule has 4 aliphatic rings. The highest BCUT2D eigenvalue weighted by Crippen LogP contribution is 2.67. The first-order chi connectivity index (χ1) is 18.0. The number of ether oxygens (including phenoxy) is 1. The number of nitrogens with one attached hydrogen (secondary N) is 1. The van der Waals surface area contributed by atoms with Crippen molar-refractivity contribution in [2.75, 3.05) is 27.2 Å². The molecule has 0 spiro atoms. The third kappa shape index (κ3) is 5.91. The molecule has 0 aromatic carbocycles. The van der Waals surface area contributed by atoms with Crippen molar-refractivity contribution in [1.29, 1.82) is 0 Å². The monoisotopic (exact) mass is 526 g/mol. The van der Waals surface area contributed by atoms with Crippen molar-refractivity contribution in [2.24, 2.45) is 52.3 Å². The number of hydrogen-bond acceptors (Lipinski definition) is 3. The predicted molar refractivity (Wildman–Crippen MR) is 159 cm³/mol. The second-order valence-corrected chi connectivity index (χ2v) is 14.5. The van der Waals surface area contributed by atoms with E-state index in [2.05, 4.69) is 70.0 Å². The van der Waals surface area contributed by atoms with Crippen LogP contribution in [0, 0.1) is 52.3 Å². The van der Waals surface area contributed by atoms with E-state index < -0.39 is 0 Å². The first-order valence-electron chi connectivity index (χ1n) is 16.0. The van der Waals surface area contributed by atoms with Crippen molar-refractivity contribution in [3.8, 4) is 0 Å². The van der Waals surface area contributed by atoms with Crippen molar-refractivity contribution in [1.82, 2.24) is 10.2 Å². The number of rotatable bonds is 9. The van der Waals surface area contributed by atoms with Gasteiger partial charge in [-0.25, -0.2) is 4.79 Å². The molecule has 0 saturated heterocycles. The van der Waals surface area contributed by atoms with Crippen LogP contribution in [-0.4, -0.2) is 44.3 Å². The Morgan fingerprint density at radius 3 is 2.55 bits per heavy atom. The fourth-order valence-corrected chi connectivity index (χ4v) is 9.49. The third-order valence-electron chi connectivity index (χ3n) is 11.9. The zero-order valence-electron chi connectivity index (χ0n) is 25.9. The van der Waals surface area contributed by atoms with Crippen LogP contribution in [0.15, 0.2) is 23.8 Å². The van der Waals surface area contributed by atoms with Gasteiger partial charge in [0.15, 0.2) is 0 Å². The zero-order valence-corrected chi connectivity index (χ0v) is 25.9. The molecule has 1 N–H and O–H groups in total. The summed E-state index contributed by atoms with van der Waals surface area (Å²) in [5.74, 6) is 5.43. The largest absolute Gasteiger partial charge is 0.446 e. The molecule has 0 aromatic heterocycles. The van der Waals surface area contributed by atoms with Gasteiger partial charge in [-0.3, -0.25) is 0 Å². The van der Waals surface area contributed by atoms with Crippen LogP contribution in [0.5, 0.6) is 0 Å². The van der Waals surface area contributed by atoms with E-state index in [4.69, 9.17) is 4.74 Å². The molecule has 4 aliphatic carbocycles. The van der Waals surface area contributed by atoms with Gasteiger partial charge in [-0.2, -0.15) is 0 Å². The number of likely N-dealkylation sites (N-methyl/N-ethyl adjacent to an activating group) is 1. The number of alkyl carbamates (subject to hydrolysis) is 1. The second-order valence-electron chi connectivity index (χ2n) is 14.5. The van der Waals surface area contributed by atoms with Gasteiger partial charge in [0.25, 0.3) is 0 Å². The van der Waals surface area contributed by atoms with Gasteiger partial charge < -0.3 is 15.0 Å². The summed E-state index contributed by atoms with van der Waals surface area (Å²) < 4.78 is 5.88. The van der Waals surface area contributed by atoms with Crippen LogP contribution >= 0.6 is 0 Å². The van der Waals surface area contributed by atoms with Gasteiger partial charge in [0.05, 0.1) is 0 Å². The summed E-state index contributed by atoms with van der Waals surface area (Å²) in [6, 6.07) is 0. The number of nitrogens with zero attached hydrogens (tertiary/aromatic N) is 1. The molecular formula is C34H58N2O2. The summed E-state index contributed by atoms with van der Waals surface area (Å²) in [5.41, 5.74) is 2.36. The molecule has 4 rings (SSSR count). The molecule has 4 nitrogen and oxygen atoms in total. The SMILES string of the molecule is CC[C@H](/C=C/[C@@H](C)[C@H]1CC[C@H]2C3CC=C4CC(OC(=O)NCCN(C)C)CC[C@]4(C)[C@H]3CC[C@]12C)C(C)C. The second kappa shape index (κ2) is 12.1. The first kappa shape index (κ1) is 29.7. The molecule has 3 saturated carbocycles. The van der Waals surface area contributed by atoms with Gasteiger partial charge in [0.2, 0.25) is 0 Å². The quantitative estimate of drug-likeness (QED) is 0.309. The fraction of sp³-hybridized carbons (Fsp3) is 0.853. The van der Waals surface area contributed by atoms with Crippen molar-refractivity contribution in [2.45, 2.75) is 105 Å². The molecule has 3 fully saturated rings. The number of allylic oxidation sites excluding steroid dienone is 3. The van der Waals surface area contributed by atoms with E-state index in [1.807, 2.05) is 14.1 Å². The molecule has 1 amide bonds. The smallest absolute Gasteiger partial charge is 0.407 e.